The normalized spacial score (nSPS) is 14.5. The SMILES string of the molecule is Cc1cccc(S(=O)(=O)Nc2cccc(C(=O)c3cn(C4CCCC4)c4ncnc(N)c34)c2)c1. The third-order valence-electron chi connectivity index (χ3n) is 6.28. The Balaban J connectivity index is 1.51. The first-order chi connectivity index (χ1) is 16.3. The lowest BCUT2D eigenvalue weighted by Crippen LogP contribution is -2.13. The van der Waals surface area contributed by atoms with Crippen LogP contribution in [0, 0.1) is 6.92 Å². The number of carbonyl (C=O) groups is 1. The third-order valence-corrected chi connectivity index (χ3v) is 7.66. The minimum Gasteiger partial charge on any atom is -0.383 e. The first-order valence-electron chi connectivity index (χ1n) is 11.2. The van der Waals surface area contributed by atoms with E-state index >= 15 is 0 Å². The zero-order valence-corrected chi connectivity index (χ0v) is 19.5. The average molecular weight is 476 g/mol. The van der Waals surface area contributed by atoms with Crippen molar-refractivity contribution in [2.45, 2.75) is 43.5 Å². The van der Waals surface area contributed by atoms with Crippen molar-refractivity contribution in [1.82, 2.24) is 14.5 Å². The maximum absolute atomic E-state index is 13.6. The molecule has 34 heavy (non-hydrogen) atoms. The first-order valence-corrected chi connectivity index (χ1v) is 12.7. The van der Waals surface area contributed by atoms with E-state index in [0.29, 0.717) is 27.8 Å². The van der Waals surface area contributed by atoms with E-state index in [1.54, 1.807) is 30.3 Å². The van der Waals surface area contributed by atoms with E-state index in [9.17, 15) is 13.2 Å². The Labute approximate surface area is 197 Å². The Hall–Kier alpha value is -3.72. The van der Waals surface area contributed by atoms with Crippen LogP contribution in [0.25, 0.3) is 11.0 Å². The summed E-state index contributed by atoms with van der Waals surface area (Å²) in [5.74, 6) is -0.0127. The summed E-state index contributed by atoms with van der Waals surface area (Å²) in [6, 6.07) is 13.4. The standard InChI is InChI=1S/C25H25N5O3S/c1-16-6-4-11-20(12-16)34(32,33)29-18-8-5-7-17(13-18)23(31)21-14-30(19-9-2-3-10-19)25-22(21)24(26)27-15-28-25/h4-8,11-15,19,29H,2-3,9-10H2,1H3,(H2,26,27,28). The molecule has 3 N–H and O–H groups in total. The second-order valence-corrected chi connectivity index (χ2v) is 10.4. The molecule has 0 saturated heterocycles. The summed E-state index contributed by atoms with van der Waals surface area (Å²) >= 11 is 0. The van der Waals surface area contributed by atoms with Gasteiger partial charge in [-0.3, -0.25) is 9.52 Å². The predicted molar refractivity (Wildman–Crippen MR) is 131 cm³/mol. The van der Waals surface area contributed by atoms with E-state index in [1.165, 1.54) is 18.5 Å². The molecule has 0 spiro atoms. The molecule has 0 atom stereocenters. The zero-order chi connectivity index (χ0) is 23.9. The molecule has 8 nitrogen and oxygen atoms in total. The lowest BCUT2D eigenvalue weighted by Gasteiger charge is -2.12. The van der Waals surface area contributed by atoms with Gasteiger partial charge in [0.15, 0.2) is 5.78 Å². The number of hydrogen-bond donors (Lipinski definition) is 2. The number of nitrogens with one attached hydrogen (secondary N) is 1. The van der Waals surface area contributed by atoms with Crippen molar-refractivity contribution in [1.29, 1.82) is 0 Å². The molecule has 5 rings (SSSR count). The van der Waals surface area contributed by atoms with Crippen molar-refractivity contribution >= 4 is 38.3 Å². The van der Waals surface area contributed by atoms with Crippen LogP contribution in [0.2, 0.25) is 0 Å². The van der Waals surface area contributed by atoms with Gasteiger partial charge < -0.3 is 10.3 Å². The van der Waals surface area contributed by atoms with E-state index < -0.39 is 10.0 Å². The number of fused-ring (bicyclic) bond motifs is 1. The van der Waals surface area contributed by atoms with Crippen LogP contribution in [-0.2, 0) is 10.0 Å². The van der Waals surface area contributed by atoms with Crippen molar-refractivity contribution < 1.29 is 13.2 Å². The predicted octanol–water partition coefficient (Wildman–Crippen LogP) is 4.47. The van der Waals surface area contributed by atoms with Crippen LogP contribution in [0.4, 0.5) is 11.5 Å². The maximum atomic E-state index is 13.6. The van der Waals surface area contributed by atoms with Gasteiger partial charge in [-0.1, -0.05) is 37.1 Å². The van der Waals surface area contributed by atoms with Gasteiger partial charge >= 0.3 is 0 Å². The number of benzene rings is 2. The van der Waals surface area contributed by atoms with Gasteiger partial charge in [0.25, 0.3) is 10.0 Å². The molecule has 2 aromatic heterocycles. The number of carbonyl (C=O) groups excluding carboxylic acids is 1. The van der Waals surface area contributed by atoms with Crippen LogP contribution in [0.5, 0.6) is 0 Å². The Morgan fingerprint density at radius 2 is 1.85 bits per heavy atom. The minimum absolute atomic E-state index is 0.161. The minimum atomic E-state index is -3.80. The van der Waals surface area contributed by atoms with E-state index in [-0.39, 0.29) is 22.5 Å². The van der Waals surface area contributed by atoms with Gasteiger partial charge in [-0.15, -0.1) is 0 Å². The van der Waals surface area contributed by atoms with Crippen molar-refractivity contribution in [3.05, 3.63) is 77.7 Å². The number of anilines is 2. The summed E-state index contributed by atoms with van der Waals surface area (Å²) in [7, 11) is -3.80. The molecule has 9 heteroatoms. The summed E-state index contributed by atoms with van der Waals surface area (Å²) in [4.78, 5) is 22.3. The molecule has 1 saturated carbocycles. The Morgan fingerprint density at radius 3 is 2.62 bits per heavy atom. The fourth-order valence-corrected chi connectivity index (χ4v) is 5.77. The highest BCUT2D eigenvalue weighted by molar-refractivity contribution is 7.92. The van der Waals surface area contributed by atoms with Crippen molar-refractivity contribution in [2.75, 3.05) is 10.5 Å². The average Bonchev–Trinajstić information content (AvgIpc) is 3.47. The highest BCUT2D eigenvalue weighted by Gasteiger charge is 2.25. The molecule has 174 valence electrons. The summed E-state index contributed by atoms with van der Waals surface area (Å²) < 4.78 is 30.3. The Morgan fingerprint density at radius 1 is 1.09 bits per heavy atom. The smallest absolute Gasteiger partial charge is 0.261 e. The van der Waals surface area contributed by atoms with Crippen LogP contribution < -0.4 is 10.5 Å². The molecule has 0 aliphatic heterocycles. The highest BCUT2D eigenvalue weighted by Crippen LogP contribution is 2.35. The number of ketones is 1. The van der Waals surface area contributed by atoms with Gasteiger partial charge in [-0.25, -0.2) is 18.4 Å². The van der Waals surface area contributed by atoms with Crippen molar-refractivity contribution in [2.24, 2.45) is 0 Å². The first kappa shape index (κ1) is 22.1. The van der Waals surface area contributed by atoms with Crippen LogP contribution in [0.15, 0.2) is 66.0 Å². The number of nitrogens with zero attached hydrogens (tertiary/aromatic N) is 3. The maximum Gasteiger partial charge on any atom is 0.261 e. The van der Waals surface area contributed by atoms with E-state index in [1.807, 2.05) is 23.8 Å². The monoisotopic (exact) mass is 475 g/mol. The van der Waals surface area contributed by atoms with Crippen LogP contribution in [0.3, 0.4) is 0 Å². The number of rotatable bonds is 6. The molecular weight excluding hydrogens is 450 g/mol. The van der Waals surface area contributed by atoms with Crippen molar-refractivity contribution in [3.63, 3.8) is 0 Å². The van der Waals surface area contributed by atoms with E-state index in [4.69, 9.17) is 5.73 Å². The Kier molecular flexibility index (Phi) is 5.57. The van der Waals surface area contributed by atoms with Gasteiger partial charge in [0.2, 0.25) is 0 Å². The third kappa shape index (κ3) is 4.03. The molecule has 0 unspecified atom stereocenters. The second kappa shape index (κ2) is 8.57. The molecule has 1 aliphatic carbocycles. The lowest BCUT2D eigenvalue weighted by molar-refractivity contribution is 0.104. The van der Waals surface area contributed by atoms with Crippen molar-refractivity contribution in [3.8, 4) is 0 Å². The summed E-state index contributed by atoms with van der Waals surface area (Å²) in [6.07, 6.45) is 7.55. The topological polar surface area (TPSA) is 120 Å². The summed E-state index contributed by atoms with van der Waals surface area (Å²) in [5, 5.41) is 0.533. The Bertz CT molecular complexity index is 1500. The molecular formula is C25H25N5O3S. The number of sulfonamides is 1. The van der Waals surface area contributed by atoms with E-state index in [2.05, 4.69) is 14.7 Å². The molecule has 1 fully saturated rings. The lowest BCUT2D eigenvalue weighted by atomic mass is 10.0. The van der Waals surface area contributed by atoms with Gasteiger partial charge in [0.05, 0.1) is 15.8 Å². The molecule has 2 aromatic carbocycles. The zero-order valence-electron chi connectivity index (χ0n) is 18.7. The van der Waals surface area contributed by atoms with Crippen LogP contribution >= 0.6 is 0 Å². The number of nitrogens with two attached hydrogens (primary N) is 1. The van der Waals surface area contributed by atoms with Crippen LogP contribution in [0.1, 0.15) is 53.2 Å². The fourth-order valence-electron chi connectivity index (χ4n) is 4.62. The van der Waals surface area contributed by atoms with Gasteiger partial charge in [-0.2, -0.15) is 0 Å². The molecule has 0 bridgehead atoms. The van der Waals surface area contributed by atoms with Gasteiger partial charge in [0, 0.05) is 23.5 Å². The van der Waals surface area contributed by atoms with Gasteiger partial charge in [0.1, 0.15) is 17.8 Å². The largest absolute Gasteiger partial charge is 0.383 e. The van der Waals surface area contributed by atoms with E-state index in [0.717, 1.165) is 31.2 Å². The molecule has 1 aliphatic rings. The summed E-state index contributed by atoms with van der Waals surface area (Å²) in [6.45, 7) is 1.83. The quantitative estimate of drug-likeness (QED) is 0.397. The number of nitrogen functional groups attached to an aromatic ring is 1. The fraction of sp³-hybridized carbons (Fsp3) is 0.240. The molecule has 4 aromatic rings. The number of aromatic nitrogens is 3. The number of hydrogen-bond acceptors (Lipinski definition) is 6. The molecule has 2 heterocycles. The second-order valence-electron chi connectivity index (χ2n) is 8.68. The summed E-state index contributed by atoms with van der Waals surface area (Å²) in [5.41, 5.74) is 8.72. The molecule has 0 amide bonds. The number of aryl methyl sites for hydroxylation is 1. The highest BCUT2D eigenvalue weighted by atomic mass is 32.2. The van der Waals surface area contributed by atoms with Gasteiger partial charge in [-0.05, 0) is 49.6 Å². The van der Waals surface area contributed by atoms with Crippen LogP contribution in [-0.4, -0.2) is 28.7 Å². The molecule has 0 radical (unpaired) electrons.